The van der Waals surface area contributed by atoms with Gasteiger partial charge in [-0.25, -0.2) is 4.98 Å². The lowest BCUT2D eigenvalue weighted by Gasteiger charge is -2.14. The molecule has 0 saturated heterocycles. The van der Waals surface area contributed by atoms with Crippen LogP contribution >= 0.6 is 0 Å². The Bertz CT molecular complexity index is 692. The summed E-state index contributed by atoms with van der Waals surface area (Å²) in [6.07, 6.45) is 0.0969. The summed E-state index contributed by atoms with van der Waals surface area (Å²) >= 11 is 0. The minimum Gasteiger partial charge on any atom is -0.391 e. The Labute approximate surface area is 136 Å². The highest BCUT2D eigenvalue weighted by Gasteiger charge is 2.20. The number of aliphatic hydroxyl groups excluding tert-OH is 1. The quantitative estimate of drug-likeness (QED) is 0.854. The van der Waals surface area contributed by atoms with Crippen LogP contribution in [0.15, 0.2) is 10.6 Å². The number of aryl methyl sites for hydroxylation is 1. The molecule has 0 aromatic carbocycles. The Hall–Kier alpha value is -1.95. The van der Waals surface area contributed by atoms with Crippen molar-refractivity contribution in [2.75, 3.05) is 6.54 Å². The van der Waals surface area contributed by atoms with Crippen LogP contribution in [-0.4, -0.2) is 33.8 Å². The molecule has 1 atom stereocenters. The molecule has 0 aliphatic rings. The van der Waals surface area contributed by atoms with Crippen molar-refractivity contribution in [3.05, 3.63) is 23.0 Å². The maximum absolute atomic E-state index is 12.6. The number of pyridine rings is 1. The predicted octanol–water partition coefficient (Wildman–Crippen LogP) is 2.79. The Morgan fingerprint density at radius 3 is 2.65 bits per heavy atom. The molecule has 0 aliphatic carbocycles. The second kappa shape index (κ2) is 7.08. The van der Waals surface area contributed by atoms with Gasteiger partial charge in [0.05, 0.1) is 22.7 Å². The van der Waals surface area contributed by atoms with Gasteiger partial charge in [-0.15, -0.1) is 0 Å². The van der Waals surface area contributed by atoms with Crippen molar-refractivity contribution in [1.82, 2.24) is 15.5 Å². The van der Waals surface area contributed by atoms with E-state index in [1.54, 1.807) is 13.0 Å². The molecule has 0 aliphatic heterocycles. The van der Waals surface area contributed by atoms with Crippen LogP contribution in [0.2, 0.25) is 0 Å². The highest BCUT2D eigenvalue weighted by Crippen LogP contribution is 2.25. The molecule has 0 fully saturated rings. The number of nitrogens with zero attached hydrogens (tertiary/aromatic N) is 2. The van der Waals surface area contributed by atoms with Crippen molar-refractivity contribution in [1.29, 1.82) is 0 Å². The number of hydrogen-bond donors (Lipinski definition) is 2. The minimum atomic E-state index is -0.551. The highest BCUT2D eigenvalue weighted by atomic mass is 16.5. The first-order chi connectivity index (χ1) is 10.8. The number of fused-ring (bicyclic) bond motifs is 1. The van der Waals surface area contributed by atoms with E-state index in [-0.39, 0.29) is 18.4 Å². The standard InChI is InChI=1S/C17H25N3O3/c1-9(2)6-12(21)8-18-16(22)13-7-14(10(3)4)19-17-15(13)11(5)20-23-17/h7,9-10,12,21H,6,8H2,1-5H3,(H,18,22). The third-order valence-corrected chi connectivity index (χ3v) is 3.71. The van der Waals surface area contributed by atoms with Crippen molar-refractivity contribution in [2.45, 2.75) is 53.1 Å². The van der Waals surface area contributed by atoms with Crippen LogP contribution in [-0.2, 0) is 0 Å². The van der Waals surface area contributed by atoms with Gasteiger partial charge >= 0.3 is 0 Å². The first-order valence-electron chi connectivity index (χ1n) is 8.02. The van der Waals surface area contributed by atoms with Crippen molar-refractivity contribution in [3.63, 3.8) is 0 Å². The summed E-state index contributed by atoms with van der Waals surface area (Å²) in [4.78, 5) is 17.0. The number of rotatable bonds is 6. The van der Waals surface area contributed by atoms with Gasteiger partial charge < -0.3 is 14.9 Å². The molecule has 1 amide bonds. The predicted molar refractivity (Wildman–Crippen MR) is 88.4 cm³/mol. The van der Waals surface area contributed by atoms with E-state index in [0.717, 1.165) is 5.69 Å². The average Bonchev–Trinajstić information content (AvgIpc) is 2.84. The van der Waals surface area contributed by atoms with Crippen LogP contribution in [0.1, 0.15) is 61.8 Å². The van der Waals surface area contributed by atoms with E-state index in [0.29, 0.717) is 34.7 Å². The Morgan fingerprint density at radius 1 is 1.35 bits per heavy atom. The molecule has 1 unspecified atom stereocenters. The summed E-state index contributed by atoms with van der Waals surface area (Å²) in [7, 11) is 0. The number of hydrogen-bond acceptors (Lipinski definition) is 5. The molecular weight excluding hydrogens is 294 g/mol. The van der Waals surface area contributed by atoms with Gasteiger partial charge in [0.2, 0.25) is 0 Å². The highest BCUT2D eigenvalue weighted by molar-refractivity contribution is 6.06. The summed E-state index contributed by atoms with van der Waals surface area (Å²) in [5, 5.41) is 17.3. The number of carbonyl (C=O) groups is 1. The molecule has 0 saturated carbocycles. The van der Waals surface area contributed by atoms with E-state index in [2.05, 4.69) is 15.5 Å². The molecule has 0 radical (unpaired) electrons. The van der Waals surface area contributed by atoms with Gasteiger partial charge in [-0.05, 0) is 31.2 Å². The second-order valence-electron chi connectivity index (χ2n) is 6.69. The van der Waals surface area contributed by atoms with Crippen molar-refractivity contribution in [2.24, 2.45) is 5.92 Å². The molecular formula is C17H25N3O3. The van der Waals surface area contributed by atoms with Crippen molar-refractivity contribution < 1.29 is 14.4 Å². The fraction of sp³-hybridized carbons (Fsp3) is 0.588. The van der Waals surface area contributed by atoms with E-state index >= 15 is 0 Å². The number of aliphatic hydroxyl groups is 1. The Kier molecular flexibility index (Phi) is 5.36. The lowest BCUT2D eigenvalue weighted by atomic mass is 10.0. The Morgan fingerprint density at radius 2 is 2.04 bits per heavy atom. The third kappa shape index (κ3) is 4.07. The van der Waals surface area contributed by atoms with Gasteiger partial charge in [-0.2, -0.15) is 0 Å². The average molecular weight is 319 g/mol. The zero-order valence-corrected chi connectivity index (χ0v) is 14.4. The fourth-order valence-electron chi connectivity index (χ4n) is 2.52. The molecule has 126 valence electrons. The SMILES string of the molecule is Cc1noc2nc(C(C)C)cc(C(=O)NCC(O)CC(C)C)c12. The maximum Gasteiger partial charge on any atom is 0.259 e. The number of aromatic nitrogens is 2. The fourth-order valence-corrected chi connectivity index (χ4v) is 2.52. The van der Waals surface area contributed by atoms with Crippen LogP contribution < -0.4 is 5.32 Å². The lowest BCUT2D eigenvalue weighted by Crippen LogP contribution is -2.33. The number of carbonyl (C=O) groups excluding carboxylic acids is 1. The van der Waals surface area contributed by atoms with E-state index < -0.39 is 6.10 Å². The van der Waals surface area contributed by atoms with Crippen molar-refractivity contribution >= 4 is 17.0 Å². The minimum absolute atomic E-state index is 0.169. The molecule has 2 rings (SSSR count). The second-order valence-corrected chi connectivity index (χ2v) is 6.69. The van der Waals surface area contributed by atoms with Crippen molar-refractivity contribution in [3.8, 4) is 0 Å². The van der Waals surface area contributed by atoms with Gasteiger partial charge in [0, 0.05) is 12.2 Å². The first kappa shape index (κ1) is 17.4. The molecule has 6 nitrogen and oxygen atoms in total. The monoisotopic (exact) mass is 319 g/mol. The van der Waals surface area contributed by atoms with E-state index in [9.17, 15) is 9.90 Å². The summed E-state index contributed by atoms with van der Waals surface area (Å²) in [6.45, 7) is 10.1. The topological polar surface area (TPSA) is 88.2 Å². The molecule has 2 heterocycles. The summed E-state index contributed by atoms with van der Waals surface area (Å²) in [5.74, 6) is 0.304. The van der Waals surface area contributed by atoms with Crippen LogP contribution in [0.4, 0.5) is 0 Å². The zero-order valence-electron chi connectivity index (χ0n) is 14.4. The van der Waals surface area contributed by atoms with Gasteiger partial charge in [-0.1, -0.05) is 32.9 Å². The van der Waals surface area contributed by atoms with E-state index in [1.165, 1.54) is 0 Å². The van der Waals surface area contributed by atoms with Gasteiger partial charge in [-0.3, -0.25) is 4.79 Å². The molecule has 2 aromatic rings. The number of nitrogens with one attached hydrogen (secondary N) is 1. The smallest absolute Gasteiger partial charge is 0.259 e. The van der Waals surface area contributed by atoms with Gasteiger partial charge in [0.25, 0.3) is 11.6 Å². The van der Waals surface area contributed by atoms with E-state index in [1.807, 2.05) is 27.7 Å². The maximum atomic E-state index is 12.6. The van der Waals surface area contributed by atoms with Crippen LogP contribution in [0.3, 0.4) is 0 Å². The molecule has 2 aromatic heterocycles. The normalized spacial score (nSPS) is 13.0. The zero-order chi connectivity index (χ0) is 17.1. The lowest BCUT2D eigenvalue weighted by molar-refractivity contribution is 0.0901. The van der Waals surface area contributed by atoms with Crippen LogP contribution in [0, 0.1) is 12.8 Å². The third-order valence-electron chi connectivity index (χ3n) is 3.71. The first-order valence-corrected chi connectivity index (χ1v) is 8.02. The molecule has 0 bridgehead atoms. The van der Waals surface area contributed by atoms with Gasteiger partial charge in [0.15, 0.2) is 0 Å². The summed E-state index contributed by atoms with van der Waals surface area (Å²) in [5.41, 5.74) is 2.29. The van der Waals surface area contributed by atoms with Gasteiger partial charge in [0.1, 0.15) is 0 Å². The summed E-state index contributed by atoms with van der Waals surface area (Å²) < 4.78 is 5.22. The molecule has 0 spiro atoms. The Balaban J connectivity index is 2.26. The molecule has 2 N–H and O–H groups in total. The number of amides is 1. The van der Waals surface area contributed by atoms with Crippen LogP contribution in [0.25, 0.3) is 11.1 Å². The molecule has 6 heteroatoms. The molecule has 23 heavy (non-hydrogen) atoms. The summed E-state index contributed by atoms with van der Waals surface area (Å²) in [6, 6.07) is 1.78. The largest absolute Gasteiger partial charge is 0.391 e. The van der Waals surface area contributed by atoms with E-state index in [4.69, 9.17) is 4.52 Å². The van der Waals surface area contributed by atoms with Crippen LogP contribution in [0.5, 0.6) is 0 Å².